The Morgan fingerprint density at radius 1 is 1.13 bits per heavy atom. The van der Waals surface area contributed by atoms with Gasteiger partial charge in [-0.05, 0) is 37.1 Å². The number of aromatic nitrogens is 3. The van der Waals surface area contributed by atoms with Crippen LogP contribution in [0, 0.1) is 0 Å². The highest BCUT2D eigenvalue weighted by Crippen LogP contribution is 2.37. The molecule has 3 rings (SSSR count). The first-order valence-electron chi connectivity index (χ1n) is 6.74. The quantitative estimate of drug-likeness (QED) is 0.552. The maximum atomic E-state index is 12.5. The van der Waals surface area contributed by atoms with Gasteiger partial charge >= 0.3 is 0 Å². The topological polar surface area (TPSA) is 67.8 Å². The molecule has 0 aliphatic heterocycles. The Bertz CT molecular complexity index is 942. The highest BCUT2D eigenvalue weighted by atomic mass is 35.5. The third-order valence-electron chi connectivity index (χ3n) is 3.26. The van der Waals surface area contributed by atoms with E-state index in [4.69, 9.17) is 23.2 Å². The Morgan fingerprint density at radius 3 is 2.65 bits per heavy atom. The van der Waals surface area contributed by atoms with Gasteiger partial charge in [0, 0.05) is 10.7 Å². The Hall–Kier alpha value is -1.68. The number of nitrogens with zero attached hydrogens (tertiary/aromatic N) is 3. The summed E-state index contributed by atoms with van der Waals surface area (Å²) in [6, 6.07) is 7.48. The maximum absolute atomic E-state index is 12.5. The molecule has 2 aromatic heterocycles. The molecule has 0 aliphatic carbocycles. The number of hydrogen-bond donors (Lipinski definition) is 1. The second kappa shape index (κ2) is 6.08. The number of halogens is 2. The molecule has 0 saturated heterocycles. The van der Waals surface area contributed by atoms with Crippen molar-refractivity contribution < 1.29 is 4.57 Å². The second-order valence-electron chi connectivity index (χ2n) is 5.38. The number of fused-ring (bicyclic) bond motifs is 1. The molecule has 1 N–H and O–H groups in total. The summed E-state index contributed by atoms with van der Waals surface area (Å²) < 4.78 is 12.5. The Morgan fingerprint density at radius 2 is 1.91 bits per heavy atom. The van der Waals surface area contributed by atoms with E-state index in [1.165, 1.54) is 6.20 Å². The average molecular weight is 367 g/mol. The third kappa shape index (κ3) is 3.47. The lowest BCUT2D eigenvalue weighted by Crippen LogP contribution is -2.05. The van der Waals surface area contributed by atoms with E-state index in [2.05, 4.69) is 20.3 Å². The van der Waals surface area contributed by atoms with Crippen LogP contribution in [0.4, 0.5) is 11.5 Å². The summed E-state index contributed by atoms with van der Waals surface area (Å²) in [5.41, 5.74) is 1.46. The molecule has 1 aromatic carbocycles. The van der Waals surface area contributed by atoms with Gasteiger partial charge < -0.3 is 9.88 Å². The number of anilines is 2. The minimum atomic E-state index is -2.42. The van der Waals surface area contributed by atoms with Gasteiger partial charge in [-0.15, -0.1) is 0 Å². The zero-order valence-electron chi connectivity index (χ0n) is 12.4. The van der Waals surface area contributed by atoms with Crippen molar-refractivity contribution in [2.75, 3.05) is 18.6 Å². The number of pyridine rings is 1. The molecular formula is C15H13Cl2N4OP. The van der Waals surface area contributed by atoms with E-state index >= 15 is 0 Å². The van der Waals surface area contributed by atoms with Gasteiger partial charge in [-0.1, -0.05) is 23.7 Å². The van der Waals surface area contributed by atoms with Crippen molar-refractivity contribution in [3.63, 3.8) is 0 Å². The fourth-order valence-electron chi connectivity index (χ4n) is 2.24. The molecule has 0 amide bonds. The largest absolute Gasteiger partial charge is 0.338 e. The maximum Gasteiger partial charge on any atom is 0.224 e. The first-order valence-corrected chi connectivity index (χ1v) is 10.1. The zero-order chi connectivity index (χ0) is 16.6. The van der Waals surface area contributed by atoms with Crippen LogP contribution < -0.4 is 10.6 Å². The fraction of sp³-hybridized carbons (Fsp3) is 0.133. The first kappa shape index (κ1) is 16.2. The number of rotatable bonds is 3. The van der Waals surface area contributed by atoms with E-state index in [0.717, 1.165) is 16.2 Å². The second-order valence-corrected chi connectivity index (χ2v) is 9.31. The van der Waals surface area contributed by atoms with Crippen LogP contribution in [-0.2, 0) is 4.57 Å². The van der Waals surface area contributed by atoms with E-state index in [-0.39, 0.29) is 5.28 Å². The van der Waals surface area contributed by atoms with Crippen LogP contribution in [0.3, 0.4) is 0 Å². The molecule has 0 bridgehead atoms. The van der Waals surface area contributed by atoms with Crippen LogP contribution >= 0.6 is 30.3 Å². The number of hydrogen-bond acceptors (Lipinski definition) is 5. The van der Waals surface area contributed by atoms with Crippen LogP contribution in [0.25, 0.3) is 10.9 Å². The van der Waals surface area contributed by atoms with Crippen LogP contribution in [0.15, 0.2) is 36.7 Å². The summed E-state index contributed by atoms with van der Waals surface area (Å²) in [5.74, 6) is 0.390. The summed E-state index contributed by atoms with van der Waals surface area (Å²) in [5, 5.41) is 5.13. The van der Waals surface area contributed by atoms with Crippen molar-refractivity contribution >= 4 is 58.1 Å². The molecule has 0 saturated carbocycles. The van der Waals surface area contributed by atoms with Gasteiger partial charge in [0.25, 0.3) is 0 Å². The molecule has 0 aliphatic rings. The van der Waals surface area contributed by atoms with E-state index in [1.54, 1.807) is 19.5 Å². The predicted octanol–water partition coefficient (Wildman–Crippen LogP) is 4.32. The minimum Gasteiger partial charge on any atom is -0.338 e. The lowest BCUT2D eigenvalue weighted by molar-refractivity contribution is 0.588. The van der Waals surface area contributed by atoms with Gasteiger partial charge in [0.15, 0.2) is 5.82 Å². The molecular weight excluding hydrogens is 354 g/mol. The Labute approximate surface area is 143 Å². The molecule has 0 spiro atoms. The van der Waals surface area contributed by atoms with E-state index in [9.17, 15) is 4.57 Å². The van der Waals surface area contributed by atoms with Gasteiger partial charge in [-0.3, -0.25) is 4.98 Å². The molecule has 23 heavy (non-hydrogen) atoms. The van der Waals surface area contributed by atoms with Crippen molar-refractivity contribution in [3.05, 3.63) is 47.0 Å². The van der Waals surface area contributed by atoms with Crippen molar-refractivity contribution in [1.82, 2.24) is 15.0 Å². The summed E-state index contributed by atoms with van der Waals surface area (Å²) in [6.07, 6.45) is 3.08. The van der Waals surface area contributed by atoms with Gasteiger partial charge in [0.2, 0.25) is 5.28 Å². The summed E-state index contributed by atoms with van der Waals surface area (Å²) in [4.78, 5) is 12.3. The van der Waals surface area contributed by atoms with Crippen molar-refractivity contribution in [2.45, 2.75) is 0 Å². The van der Waals surface area contributed by atoms with Crippen LogP contribution in [-0.4, -0.2) is 28.3 Å². The Kier molecular flexibility index (Phi) is 4.28. The smallest absolute Gasteiger partial charge is 0.224 e. The predicted molar refractivity (Wildman–Crippen MR) is 96.2 cm³/mol. The van der Waals surface area contributed by atoms with Gasteiger partial charge in [-0.2, -0.15) is 4.98 Å². The minimum absolute atomic E-state index is 0.0953. The third-order valence-corrected chi connectivity index (χ3v) is 5.27. The van der Waals surface area contributed by atoms with Gasteiger partial charge in [0.1, 0.15) is 12.2 Å². The summed E-state index contributed by atoms with van der Waals surface area (Å²) in [7, 11) is -2.42. The molecule has 0 fully saturated rings. The molecule has 2 heterocycles. The first-order chi connectivity index (χ1) is 10.8. The highest BCUT2D eigenvalue weighted by Gasteiger charge is 2.15. The van der Waals surface area contributed by atoms with Crippen LogP contribution in [0.1, 0.15) is 0 Å². The standard InChI is InChI=1S/C15H13Cl2N4OP/c1-23(2,22)13-5-3-4-12-10(13)6-9(7-18-12)20-14-11(16)8-19-15(17)21-14/h3-8H,1-2H3,(H,19,20,21). The Balaban J connectivity index is 2.09. The normalized spacial score (nSPS) is 11.7. The van der Waals surface area contributed by atoms with Crippen LogP contribution in [0.2, 0.25) is 10.3 Å². The van der Waals surface area contributed by atoms with Gasteiger partial charge in [0.05, 0.1) is 23.6 Å². The molecule has 0 unspecified atom stereocenters. The molecule has 8 heteroatoms. The van der Waals surface area contributed by atoms with E-state index < -0.39 is 7.14 Å². The zero-order valence-corrected chi connectivity index (χ0v) is 14.8. The monoisotopic (exact) mass is 366 g/mol. The number of benzene rings is 1. The SMILES string of the molecule is CP(C)(=O)c1cccc2ncc(Nc3nc(Cl)ncc3Cl)cc12. The molecule has 5 nitrogen and oxygen atoms in total. The van der Waals surface area contributed by atoms with Crippen LogP contribution in [0.5, 0.6) is 0 Å². The summed E-state index contributed by atoms with van der Waals surface area (Å²) >= 11 is 11.8. The lowest BCUT2D eigenvalue weighted by atomic mass is 10.2. The molecule has 0 radical (unpaired) electrons. The highest BCUT2D eigenvalue weighted by molar-refractivity contribution is 7.70. The van der Waals surface area contributed by atoms with E-state index in [1.807, 2.05) is 24.3 Å². The van der Waals surface area contributed by atoms with E-state index in [0.29, 0.717) is 16.5 Å². The molecule has 118 valence electrons. The van der Waals surface area contributed by atoms with Crippen molar-refractivity contribution in [1.29, 1.82) is 0 Å². The lowest BCUT2D eigenvalue weighted by Gasteiger charge is -2.12. The molecule has 0 atom stereocenters. The van der Waals surface area contributed by atoms with Crippen molar-refractivity contribution in [3.8, 4) is 0 Å². The van der Waals surface area contributed by atoms with Crippen molar-refractivity contribution in [2.24, 2.45) is 0 Å². The molecule has 3 aromatic rings. The van der Waals surface area contributed by atoms with Gasteiger partial charge in [-0.25, -0.2) is 4.98 Å². The number of nitrogens with one attached hydrogen (secondary N) is 1. The fourth-order valence-corrected chi connectivity index (χ4v) is 3.72. The average Bonchev–Trinajstić information content (AvgIpc) is 2.49. The summed E-state index contributed by atoms with van der Waals surface area (Å²) in [6.45, 7) is 3.48.